The van der Waals surface area contributed by atoms with Crippen LogP contribution in [-0.2, 0) is 30.4 Å². The highest BCUT2D eigenvalue weighted by molar-refractivity contribution is 14.2. The van der Waals surface area contributed by atoms with Gasteiger partial charge in [0.25, 0.3) is 17.7 Å². The summed E-state index contributed by atoms with van der Waals surface area (Å²) in [6.45, 7) is 5.32. The highest BCUT2D eigenvalue weighted by atomic mass is 127. The SMILES string of the molecule is COC(CNC(=O)c1ccc(C)c(N2C(=O)C(Br)=C(OCc3ccc(F)cc3F)I=C2C)c1)C(=O)N1CCOCC1. The Bertz CT molecular complexity index is 1410. The molecule has 13 heteroatoms. The molecular formula is C28H29BrF2IN3O6. The van der Waals surface area contributed by atoms with E-state index in [2.05, 4.69) is 21.2 Å². The molecule has 0 aromatic heterocycles. The van der Waals surface area contributed by atoms with Crippen LogP contribution in [0.2, 0.25) is 0 Å². The summed E-state index contributed by atoms with van der Waals surface area (Å²) in [7, 11) is 1.42. The van der Waals surface area contributed by atoms with Gasteiger partial charge in [-0.3, -0.25) is 19.3 Å². The number of hydrogen-bond acceptors (Lipinski definition) is 6. The maximum absolute atomic E-state index is 14.0. The fourth-order valence-corrected chi connectivity index (χ4v) is 7.22. The van der Waals surface area contributed by atoms with E-state index in [4.69, 9.17) is 14.2 Å². The molecule has 220 valence electrons. The smallest absolute Gasteiger partial charge is 0.274 e. The molecule has 0 radical (unpaired) electrons. The van der Waals surface area contributed by atoms with Crippen molar-refractivity contribution < 1.29 is 37.4 Å². The molecule has 1 unspecified atom stereocenters. The van der Waals surface area contributed by atoms with Crippen molar-refractivity contribution in [2.45, 2.75) is 26.6 Å². The van der Waals surface area contributed by atoms with Crippen molar-refractivity contribution in [3.05, 3.63) is 73.0 Å². The molecule has 0 saturated carbocycles. The quantitative estimate of drug-likeness (QED) is 0.388. The third-order valence-corrected chi connectivity index (χ3v) is 10.6. The summed E-state index contributed by atoms with van der Waals surface area (Å²) in [5.74, 6) is -2.43. The Morgan fingerprint density at radius 1 is 1.15 bits per heavy atom. The summed E-state index contributed by atoms with van der Waals surface area (Å²) < 4.78 is 45.1. The minimum Gasteiger partial charge on any atom is -0.482 e. The number of ether oxygens (including phenoxy) is 3. The van der Waals surface area contributed by atoms with Crippen LogP contribution in [0.1, 0.15) is 28.4 Å². The van der Waals surface area contributed by atoms with Crippen LogP contribution in [0.3, 0.4) is 0 Å². The van der Waals surface area contributed by atoms with E-state index in [1.165, 1.54) is 18.1 Å². The molecule has 41 heavy (non-hydrogen) atoms. The highest BCUT2D eigenvalue weighted by Gasteiger charge is 2.31. The fourth-order valence-electron chi connectivity index (χ4n) is 4.21. The molecular weight excluding hydrogens is 719 g/mol. The standard InChI is InChI=1S/C28H29BrF2IN3O6/c1-16-4-5-18(26(36)33-14-23(39-3)27(37)34-8-10-40-11-9-34)12-22(16)35-17(2)32-25(24(29)28(35)38)41-15-19-6-7-20(30)13-21(19)31/h4-7,12-13,23H,8-11,14-15H2,1-3H3,(H,33,36). The van der Waals surface area contributed by atoms with E-state index >= 15 is 0 Å². The summed E-state index contributed by atoms with van der Waals surface area (Å²) in [6.07, 6.45) is -0.839. The number of halogens is 4. The van der Waals surface area contributed by atoms with Gasteiger partial charge < -0.3 is 24.4 Å². The number of anilines is 1. The van der Waals surface area contributed by atoms with E-state index in [0.717, 1.165) is 21.3 Å². The third-order valence-electron chi connectivity index (χ3n) is 6.51. The lowest BCUT2D eigenvalue weighted by Crippen LogP contribution is -2.49. The maximum atomic E-state index is 14.0. The van der Waals surface area contributed by atoms with Crippen molar-refractivity contribution >= 4 is 63.7 Å². The molecule has 9 nitrogen and oxygen atoms in total. The number of benzene rings is 2. The van der Waals surface area contributed by atoms with Gasteiger partial charge in [-0.25, -0.2) is 8.78 Å². The predicted molar refractivity (Wildman–Crippen MR) is 161 cm³/mol. The van der Waals surface area contributed by atoms with Gasteiger partial charge in [-0.1, -0.05) is 6.07 Å². The molecule has 1 fully saturated rings. The third kappa shape index (κ3) is 7.37. The summed E-state index contributed by atoms with van der Waals surface area (Å²) in [5, 5.41) is 2.76. The second-order valence-electron chi connectivity index (χ2n) is 9.22. The van der Waals surface area contributed by atoms with Crippen molar-refractivity contribution in [2.75, 3.05) is 44.9 Å². The lowest BCUT2D eigenvalue weighted by atomic mass is 10.1. The molecule has 2 aliphatic rings. The number of morpholine rings is 1. The second-order valence-corrected chi connectivity index (χ2v) is 13.1. The summed E-state index contributed by atoms with van der Waals surface area (Å²) in [4.78, 5) is 42.4. The van der Waals surface area contributed by atoms with Crippen molar-refractivity contribution in [3.8, 4) is 0 Å². The van der Waals surface area contributed by atoms with Crippen LogP contribution in [0.4, 0.5) is 14.5 Å². The zero-order valence-corrected chi connectivity index (χ0v) is 26.4. The van der Waals surface area contributed by atoms with Gasteiger partial charge >= 0.3 is 0 Å². The van der Waals surface area contributed by atoms with Crippen LogP contribution in [0.15, 0.2) is 44.6 Å². The van der Waals surface area contributed by atoms with Gasteiger partial charge in [0.15, 0.2) is 9.87 Å². The average molecular weight is 748 g/mol. The van der Waals surface area contributed by atoms with Gasteiger partial charge in [0.2, 0.25) is 0 Å². The molecule has 0 aliphatic carbocycles. The molecule has 3 amide bonds. The summed E-state index contributed by atoms with van der Waals surface area (Å²) in [5.41, 5.74) is 1.79. The number of hydrogen-bond donors (Lipinski definition) is 1. The van der Waals surface area contributed by atoms with Crippen LogP contribution < -0.4 is 10.2 Å². The van der Waals surface area contributed by atoms with E-state index < -0.39 is 44.4 Å². The van der Waals surface area contributed by atoms with Gasteiger partial charge in [0, 0.05) is 37.4 Å². The van der Waals surface area contributed by atoms with Gasteiger partial charge in [0.1, 0.15) is 22.7 Å². The van der Waals surface area contributed by atoms with Crippen LogP contribution in [0, 0.1) is 18.6 Å². The first-order chi connectivity index (χ1) is 19.6. The lowest BCUT2D eigenvalue weighted by molar-refractivity contribution is -0.145. The average Bonchev–Trinajstić information content (AvgIpc) is 2.96. The number of amides is 3. The van der Waals surface area contributed by atoms with E-state index in [-0.39, 0.29) is 35.0 Å². The Morgan fingerprint density at radius 3 is 2.56 bits per heavy atom. The Labute approximate surface area is 254 Å². The molecule has 2 aromatic carbocycles. The number of carbonyl (C=O) groups excluding carboxylic acids is 3. The first kappa shape index (κ1) is 31.2. The molecule has 2 aromatic rings. The lowest BCUT2D eigenvalue weighted by Gasteiger charge is -2.30. The van der Waals surface area contributed by atoms with E-state index in [9.17, 15) is 23.2 Å². The van der Waals surface area contributed by atoms with Crippen molar-refractivity contribution in [1.82, 2.24) is 10.2 Å². The Kier molecular flexibility index (Phi) is 10.6. The molecule has 1 atom stereocenters. The highest BCUT2D eigenvalue weighted by Crippen LogP contribution is 2.37. The molecule has 0 spiro atoms. The van der Waals surface area contributed by atoms with Gasteiger partial charge in [-0.05, 0) is 80.3 Å². The van der Waals surface area contributed by atoms with Gasteiger partial charge in [-0.15, -0.1) is 0 Å². The molecule has 2 aliphatic heterocycles. The zero-order valence-electron chi connectivity index (χ0n) is 22.6. The fraction of sp³-hybridized carbons (Fsp3) is 0.357. The van der Waals surface area contributed by atoms with E-state index in [1.54, 1.807) is 30.0 Å². The molecule has 4 rings (SSSR count). The normalized spacial score (nSPS) is 16.6. The number of aryl methyl sites for hydroxylation is 1. The summed E-state index contributed by atoms with van der Waals surface area (Å²) >= 11 is 2.38. The van der Waals surface area contributed by atoms with Crippen molar-refractivity contribution in [2.24, 2.45) is 0 Å². The van der Waals surface area contributed by atoms with E-state index in [1.807, 2.05) is 6.92 Å². The molecule has 1 saturated heterocycles. The van der Waals surface area contributed by atoms with Crippen LogP contribution >= 0.6 is 36.7 Å². The number of carbonyl (C=O) groups is 3. The van der Waals surface area contributed by atoms with Crippen LogP contribution in [0.25, 0.3) is 0 Å². The van der Waals surface area contributed by atoms with Crippen LogP contribution in [-0.4, -0.2) is 72.3 Å². The minimum atomic E-state index is -0.966. The van der Waals surface area contributed by atoms with Crippen molar-refractivity contribution in [3.63, 3.8) is 0 Å². The number of rotatable bonds is 9. The van der Waals surface area contributed by atoms with Crippen LogP contribution in [0.5, 0.6) is 0 Å². The first-order valence-electron chi connectivity index (χ1n) is 12.7. The topological polar surface area (TPSA) is 97.4 Å². The molecule has 0 bridgehead atoms. The first-order valence-corrected chi connectivity index (χ1v) is 15.6. The largest absolute Gasteiger partial charge is 0.482 e. The number of nitrogens with zero attached hydrogens (tertiary/aromatic N) is 2. The Hall–Kier alpha value is -2.75. The zero-order chi connectivity index (χ0) is 29.7. The molecule has 1 N–H and O–H groups in total. The van der Waals surface area contributed by atoms with Gasteiger partial charge in [-0.2, -0.15) is 0 Å². The van der Waals surface area contributed by atoms with E-state index in [0.29, 0.717) is 41.3 Å². The Balaban J connectivity index is 1.46. The van der Waals surface area contributed by atoms with Gasteiger partial charge in [0.05, 0.1) is 29.1 Å². The molecule has 2 heterocycles. The predicted octanol–water partition coefficient (Wildman–Crippen LogP) is 4.12. The maximum Gasteiger partial charge on any atom is 0.274 e. The van der Waals surface area contributed by atoms with Crippen molar-refractivity contribution in [1.29, 1.82) is 0 Å². The Morgan fingerprint density at radius 2 is 1.88 bits per heavy atom. The number of methoxy groups -OCH3 is 1. The number of nitrogens with one attached hydrogen (secondary N) is 1. The summed E-state index contributed by atoms with van der Waals surface area (Å²) in [6, 6.07) is 8.26. The minimum absolute atomic E-state index is 0.0162. The second kappa shape index (κ2) is 13.9. The monoisotopic (exact) mass is 747 g/mol.